The molecule has 0 aliphatic rings. The molecule has 0 bridgehead atoms. The SMILES string of the molecule is CCCN(CCC)C(=O)CNC(=O)Cc1ccccc1Br. The summed E-state index contributed by atoms with van der Waals surface area (Å²) in [5, 5.41) is 2.70. The fourth-order valence-corrected chi connectivity index (χ4v) is 2.49. The van der Waals surface area contributed by atoms with Crippen molar-refractivity contribution in [3.8, 4) is 0 Å². The van der Waals surface area contributed by atoms with Gasteiger partial charge in [0.2, 0.25) is 11.8 Å². The molecule has 0 aromatic heterocycles. The van der Waals surface area contributed by atoms with Crippen molar-refractivity contribution < 1.29 is 9.59 Å². The van der Waals surface area contributed by atoms with E-state index in [1.165, 1.54) is 0 Å². The highest BCUT2D eigenvalue weighted by atomic mass is 79.9. The summed E-state index contributed by atoms with van der Waals surface area (Å²) in [5.41, 5.74) is 0.918. The lowest BCUT2D eigenvalue weighted by Crippen LogP contribution is -2.41. The van der Waals surface area contributed by atoms with Gasteiger partial charge in [0.1, 0.15) is 0 Å². The van der Waals surface area contributed by atoms with Crippen molar-refractivity contribution in [1.29, 1.82) is 0 Å². The highest BCUT2D eigenvalue weighted by Crippen LogP contribution is 2.16. The Morgan fingerprint density at radius 3 is 2.33 bits per heavy atom. The first-order valence-electron chi connectivity index (χ1n) is 7.36. The molecule has 0 spiro atoms. The first-order chi connectivity index (χ1) is 10.1. The van der Waals surface area contributed by atoms with Crippen molar-refractivity contribution in [2.75, 3.05) is 19.6 Å². The van der Waals surface area contributed by atoms with E-state index < -0.39 is 0 Å². The fraction of sp³-hybridized carbons (Fsp3) is 0.500. The van der Waals surface area contributed by atoms with Crippen LogP contribution in [0.3, 0.4) is 0 Å². The molecular weight excluding hydrogens is 332 g/mol. The van der Waals surface area contributed by atoms with E-state index in [0.717, 1.165) is 36.0 Å². The highest BCUT2D eigenvalue weighted by Gasteiger charge is 2.13. The second-order valence-corrected chi connectivity index (χ2v) is 5.78. The molecule has 0 heterocycles. The summed E-state index contributed by atoms with van der Waals surface area (Å²) < 4.78 is 0.907. The number of nitrogens with zero attached hydrogens (tertiary/aromatic N) is 1. The van der Waals surface area contributed by atoms with E-state index in [1.54, 1.807) is 4.90 Å². The van der Waals surface area contributed by atoms with Gasteiger partial charge < -0.3 is 10.2 Å². The monoisotopic (exact) mass is 354 g/mol. The molecule has 0 unspecified atom stereocenters. The van der Waals surface area contributed by atoms with Crippen molar-refractivity contribution in [2.24, 2.45) is 0 Å². The molecule has 0 saturated heterocycles. The van der Waals surface area contributed by atoms with Gasteiger partial charge in [-0.05, 0) is 24.5 Å². The second-order valence-electron chi connectivity index (χ2n) is 4.93. The lowest BCUT2D eigenvalue weighted by molar-refractivity contribution is -0.132. The summed E-state index contributed by atoms with van der Waals surface area (Å²) in [5.74, 6) is -0.151. The number of hydrogen-bond acceptors (Lipinski definition) is 2. The quantitative estimate of drug-likeness (QED) is 0.780. The number of nitrogens with one attached hydrogen (secondary N) is 1. The molecule has 1 aromatic carbocycles. The van der Waals surface area contributed by atoms with Crippen LogP contribution in [0.2, 0.25) is 0 Å². The van der Waals surface area contributed by atoms with Gasteiger partial charge in [-0.25, -0.2) is 0 Å². The van der Waals surface area contributed by atoms with Crippen LogP contribution in [0.25, 0.3) is 0 Å². The first kappa shape index (κ1) is 17.7. The Morgan fingerprint density at radius 1 is 1.14 bits per heavy atom. The lowest BCUT2D eigenvalue weighted by atomic mass is 10.1. The van der Waals surface area contributed by atoms with Crippen LogP contribution >= 0.6 is 15.9 Å². The van der Waals surface area contributed by atoms with Gasteiger partial charge in [-0.15, -0.1) is 0 Å². The number of rotatable bonds is 8. The van der Waals surface area contributed by atoms with Gasteiger partial charge in [-0.3, -0.25) is 9.59 Å². The molecule has 0 aliphatic carbocycles. The molecule has 0 radical (unpaired) electrons. The van der Waals surface area contributed by atoms with Crippen LogP contribution in [0.1, 0.15) is 32.3 Å². The standard InChI is InChI=1S/C16H23BrN2O2/c1-3-9-19(10-4-2)16(21)12-18-15(20)11-13-7-5-6-8-14(13)17/h5-8H,3-4,9-12H2,1-2H3,(H,18,20). The molecule has 116 valence electrons. The molecule has 0 fully saturated rings. The minimum absolute atomic E-state index is 0.0147. The van der Waals surface area contributed by atoms with Gasteiger partial charge in [-0.1, -0.05) is 48.0 Å². The van der Waals surface area contributed by atoms with Crippen LogP contribution in [-0.4, -0.2) is 36.3 Å². The Balaban J connectivity index is 2.45. The maximum atomic E-state index is 12.0. The zero-order valence-electron chi connectivity index (χ0n) is 12.7. The summed E-state index contributed by atoms with van der Waals surface area (Å²) in [7, 11) is 0. The lowest BCUT2D eigenvalue weighted by Gasteiger charge is -2.21. The molecular formula is C16H23BrN2O2. The molecule has 5 heteroatoms. The summed E-state index contributed by atoms with van der Waals surface area (Å²) in [6, 6.07) is 7.59. The zero-order chi connectivity index (χ0) is 15.7. The third kappa shape index (κ3) is 6.29. The molecule has 0 atom stereocenters. The predicted molar refractivity (Wildman–Crippen MR) is 88.0 cm³/mol. The van der Waals surface area contributed by atoms with Crippen molar-refractivity contribution in [3.05, 3.63) is 34.3 Å². The summed E-state index contributed by atoms with van der Waals surface area (Å²) in [4.78, 5) is 25.8. The van der Waals surface area contributed by atoms with Gasteiger partial charge in [-0.2, -0.15) is 0 Å². The molecule has 1 aromatic rings. The van der Waals surface area contributed by atoms with Crippen LogP contribution in [0, 0.1) is 0 Å². The summed E-state index contributed by atoms with van der Waals surface area (Å²) in [6.45, 7) is 5.64. The predicted octanol–water partition coefficient (Wildman–Crippen LogP) is 2.76. The Hall–Kier alpha value is -1.36. The topological polar surface area (TPSA) is 49.4 Å². The number of amides is 2. The summed E-state index contributed by atoms with van der Waals surface area (Å²) >= 11 is 3.41. The van der Waals surface area contributed by atoms with Crippen molar-refractivity contribution in [3.63, 3.8) is 0 Å². The van der Waals surface area contributed by atoms with Crippen LogP contribution < -0.4 is 5.32 Å². The van der Waals surface area contributed by atoms with Gasteiger partial charge >= 0.3 is 0 Å². The summed E-state index contributed by atoms with van der Waals surface area (Å²) in [6.07, 6.45) is 2.13. The highest BCUT2D eigenvalue weighted by molar-refractivity contribution is 9.10. The van der Waals surface area contributed by atoms with Crippen LogP contribution in [-0.2, 0) is 16.0 Å². The van der Waals surface area contributed by atoms with Gasteiger partial charge in [0, 0.05) is 17.6 Å². The largest absolute Gasteiger partial charge is 0.347 e. The normalized spacial score (nSPS) is 10.2. The number of benzene rings is 1. The number of halogens is 1. The molecule has 0 saturated carbocycles. The van der Waals surface area contributed by atoms with E-state index in [0.29, 0.717) is 0 Å². The van der Waals surface area contributed by atoms with Crippen molar-refractivity contribution in [2.45, 2.75) is 33.1 Å². The van der Waals surface area contributed by atoms with E-state index in [9.17, 15) is 9.59 Å². The molecule has 21 heavy (non-hydrogen) atoms. The van der Waals surface area contributed by atoms with Gasteiger partial charge in [0.05, 0.1) is 13.0 Å². The minimum atomic E-state index is -0.136. The molecule has 4 nitrogen and oxygen atoms in total. The Kier molecular flexibility index (Phi) is 8.05. The van der Waals surface area contributed by atoms with Crippen LogP contribution in [0.15, 0.2) is 28.7 Å². The van der Waals surface area contributed by atoms with Gasteiger partial charge in [0.15, 0.2) is 0 Å². The van der Waals surface area contributed by atoms with Gasteiger partial charge in [0.25, 0.3) is 0 Å². The van der Waals surface area contributed by atoms with Crippen molar-refractivity contribution >= 4 is 27.7 Å². The fourth-order valence-electron chi connectivity index (χ4n) is 2.06. The van der Waals surface area contributed by atoms with Crippen LogP contribution in [0.4, 0.5) is 0 Å². The molecule has 0 aliphatic heterocycles. The van der Waals surface area contributed by atoms with E-state index in [2.05, 4.69) is 21.2 Å². The average molecular weight is 355 g/mol. The number of carbonyl (C=O) groups excluding carboxylic acids is 2. The third-order valence-electron chi connectivity index (χ3n) is 3.09. The number of hydrogen-bond donors (Lipinski definition) is 1. The first-order valence-corrected chi connectivity index (χ1v) is 8.15. The zero-order valence-corrected chi connectivity index (χ0v) is 14.3. The Bertz CT molecular complexity index is 471. The molecule has 2 amide bonds. The minimum Gasteiger partial charge on any atom is -0.347 e. The second kappa shape index (κ2) is 9.55. The van der Waals surface area contributed by atoms with Crippen LogP contribution in [0.5, 0.6) is 0 Å². The molecule has 1 N–H and O–H groups in total. The molecule has 1 rings (SSSR count). The smallest absolute Gasteiger partial charge is 0.241 e. The third-order valence-corrected chi connectivity index (χ3v) is 3.86. The van der Waals surface area contributed by atoms with E-state index >= 15 is 0 Å². The Morgan fingerprint density at radius 2 is 1.76 bits per heavy atom. The Labute approximate surface area is 135 Å². The van der Waals surface area contributed by atoms with E-state index in [1.807, 2.05) is 38.1 Å². The van der Waals surface area contributed by atoms with Crippen molar-refractivity contribution in [1.82, 2.24) is 10.2 Å². The number of carbonyl (C=O) groups is 2. The average Bonchev–Trinajstić information content (AvgIpc) is 2.47. The van der Waals surface area contributed by atoms with E-state index in [4.69, 9.17) is 0 Å². The maximum absolute atomic E-state index is 12.0. The maximum Gasteiger partial charge on any atom is 0.241 e. The van der Waals surface area contributed by atoms with E-state index in [-0.39, 0.29) is 24.8 Å².